The molecule has 1 aromatic carbocycles. The molecule has 1 aliphatic carbocycles. The van der Waals surface area contributed by atoms with E-state index in [0.717, 1.165) is 16.4 Å². The van der Waals surface area contributed by atoms with Gasteiger partial charge < -0.3 is 0 Å². The average molecular weight is 316 g/mol. The third-order valence-corrected chi connectivity index (χ3v) is 5.87. The topological polar surface area (TPSA) is 56.0 Å². The Morgan fingerprint density at radius 3 is 2.50 bits per heavy atom. The van der Waals surface area contributed by atoms with Gasteiger partial charge in [-0.1, -0.05) is 13.3 Å². The SMILES string of the molecule is CCC1CCC(c2ncc(-c3ccc([N+](=O)[O-])cc3)s2)CC1. The van der Waals surface area contributed by atoms with Gasteiger partial charge in [0.15, 0.2) is 0 Å². The fourth-order valence-electron chi connectivity index (χ4n) is 3.17. The van der Waals surface area contributed by atoms with Crippen molar-refractivity contribution < 1.29 is 4.92 Å². The zero-order chi connectivity index (χ0) is 15.5. The van der Waals surface area contributed by atoms with Gasteiger partial charge in [0, 0.05) is 24.2 Å². The molecule has 0 unspecified atom stereocenters. The second-order valence-electron chi connectivity index (χ2n) is 5.99. The molecule has 5 heteroatoms. The van der Waals surface area contributed by atoms with Crippen molar-refractivity contribution in [3.8, 4) is 10.4 Å². The Kier molecular flexibility index (Phi) is 4.52. The second-order valence-corrected chi connectivity index (χ2v) is 7.05. The number of aromatic nitrogens is 1. The highest BCUT2D eigenvalue weighted by Gasteiger charge is 2.23. The van der Waals surface area contributed by atoms with E-state index in [1.165, 1.54) is 37.1 Å². The third-order valence-electron chi connectivity index (χ3n) is 4.66. The van der Waals surface area contributed by atoms with Gasteiger partial charge in [-0.15, -0.1) is 11.3 Å². The van der Waals surface area contributed by atoms with Crippen LogP contribution in [0.3, 0.4) is 0 Å². The maximum Gasteiger partial charge on any atom is 0.269 e. The molecule has 0 amide bonds. The van der Waals surface area contributed by atoms with Crippen molar-refractivity contribution >= 4 is 17.0 Å². The molecule has 1 fully saturated rings. The number of nitro benzene ring substituents is 1. The maximum absolute atomic E-state index is 10.7. The number of non-ortho nitro benzene ring substituents is 1. The summed E-state index contributed by atoms with van der Waals surface area (Å²) in [5.41, 5.74) is 1.14. The lowest BCUT2D eigenvalue weighted by Gasteiger charge is -2.26. The van der Waals surface area contributed by atoms with Crippen LogP contribution < -0.4 is 0 Å². The molecule has 0 aliphatic heterocycles. The van der Waals surface area contributed by atoms with Gasteiger partial charge in [0.1, 0.15) is 0 Å². The molecule has 0 spiro atoms. The van der Waals surface area contributed by atoms with E-state index < -0.39 is 0 Å². The lowest BCUT2D eigenvalue weighted by molar-refractivity contribution is -0.384. The molecule has 0 radical (unpaired) electrons. The van der Waals surface area contributed by atoms with E-state index in [-0.39, 0.29) is 10.6 Å². The smallest absolute Gasteiger partial charge is 0.258 e. The van der Waals surface area contributed by atoms with Crippen LogP contribution in [0.15, 0.2) is 30.5 Å². The summed E-state index contributed by atoms with van der Waals surface area (Å²) in [5, 5.41) is 11.9. The van der Waals surface area contributed by atoms with Gasteiger partial charge in [-0.25, -0.2) is 4.98 Å². The Balaban J connectivity index is 1.72. The molecule has 0 saturated heterocycles. The molecule has 0 atom stereocenters. The highest BCUT2D eigenvalue weighted by molar-refractivity contribution is 7.15. The second kappa shape index (κ2) is 6.57. The molecule has 2 aromatic rings. The fraction of sp³-hybridized carbons (Fsp3) is 0.471. The van der Waals surface area contributed by atoms with Crippen molar-refractivity contribution in [2.45, 2.75) is 44.9 Å². The minimum Gasteiger partial charge on any atom is -0.258 e. The van der Waals surface area contributed by atoms with Gasteiger partial charge in [0.05, 0.1) is 14.8 Å². The predicted molar refractivity (Wildman–Crippen MR) is 89.2 cm³/mol. The van der Waals surface area contributed by atoms with Gasteiger partial charge in [-0.3, -0.25) is 10.1 Å². The number of nitrogens with zero attached hydrogens (tertiary/aromatic N) is 2. The van der Waals surface area contributed by atoms with Crippen molar-refractivity contribution in [3.63, 3.8) is 0 Å². The zero-order valence-electron chi connectivity index (χ0n) is 12.7. The van der Waals surface area contributed by atoms with E-state index in [0.29, 0.717) is 5.92 Å². The zero-order valence-corrected chi connectivity index (χ0v) is 13.5. The summed E-state index contributed by atoms with van der Waals surface area (Å²) in [6.45, 7) is 2.28. The van der Waals surface area contributed by atoms with Gasteiger partial charge in [0.25, 0.3) is 5.69 Å². The lowest BCUT2D eigenvalue weighted by Crippen LogP contribution is -2.12. The molecule has 1 heterocycles. The van der Waals surface area contributed by atoms with Crippen molar-refractivity contribution in [1.82, 2.24) is 4.98 Å². The Bertz CT molecular complexity index is 643. The van der Waals surface area contributed by atoms with Crippen LogP contribution in [0.5, 0.6) is 0 Å². The number of thiazole rings is 1. The van der Waals surface area contributed by atoms with Crippen molar-refractivity contribution in [2.24, 2.45) is 5.92 Å². The molecule has 22 heavy (non-hydrogen) atoms. The van der Waals surface area contributed by atoms with Gasteiger partial charge in [-0.05, 0) is 49.3 Å². The number of benzene rings is 1. The molecule has 1 aromatic heterocycles. The monoisotopic (exact) mass is 316 g/mol. The van der Waals surface area contributed by atoms with Crippen LogP contribution in [0.1, 0.15) is 50.0 Å². The summed E-state index contributed by atoms with van der Waals surface area (Å²) in [7, 11) is 0. The largest absolute Gasteiger partial charge is 0.269 e. The highest BCUT2D eigenvalue weighted by atomic mass is 32.1. The molecule has 1 saturated carbocycles. The number of rotatable bonds is 4. The van der Waals surface area contributed by atoms with Gasteiger partial charge in [0.2, 0.25) is 0 Å². The normalized spacial score (nSPS) is 21.7. The summed E-state index contributed by atoms with van der Waals surface area (Å²) >= 11 is 1.73. The molecule has 0 N–H and O–H groups in total. The molecular weight excluding hydrogens is 296 g/mol. The van der Waals surface area contributed by atoms with Crippen LogP contribution in [0.2, 0.25) is 0 Å². The van der Waals surface area contributed by atoms with E-state index in [9.17, 15) is 10.1 Å². The molecule has 116 valence electrons. The van der Waals surface area contributed by atoms with Crippen molar-refractivity contribution in [1.29, 1.82) is 0 Å². The third kappa shape index (κ3) is 3.19. The maximum atomic E-state index is 10.7. The van der Waals surface area contributed by atoms with E-state index in [2.05, 4.69) is 11.9 Å². The molecular formula is C17H20N2O2S. The van der Waals surface area contributed by atoms with E-state index in [1.807, 2.05) is 18.3 Å². The van der Waals surface area contributed by atoms with E-state index in [4.69, 9.17) is 0 Å². The highest BCUT2D eigenvalue weighted by Crippen LogP contribution is 2.40. The van der Waals surface area contributed by atoms with Crippen LogP contribution in [0.4, 0.5) is 5.69 Å². The van der Waals surface area contributed by atoms with Crippen molar-refractivity contribution in [2.75, 3.05) is 0 Å². The Labute approximate surface area is 134 Å². The van der Waals surface area contributed by atoms with Crippen LogP contribution in [0.25, 0.3) is 10.4 Å². The minimum absolute atomic E-state index is 0.131. The summed E-state index contributed by atoms with van der Waals surface area (Å²) in [4.78, 5) is 16.0. The Hall–Kier alpha value is -1.75. The first-order chi connectivity index (χ1) is 10.7. The van der Waals surface area contributed by atoms with Crippen molar-refractivity contribution in [3.05, 3.63) is 45.6 Å². The van der Waals surface area contributed by atoms with Gasteiger partial charge >= 0.3 is 0 Å². The van der Waals surface area contributed by atoms with E-state index in [1.54, 1.807) is 23.5 Å². The summed E-state index contributed by atoms with van der Waals surface area (Å²) in [5.74, 6) is 1.49. The number of nitro groups is 1. The first kappa shape index (κ1) is 15.2. The number of hydrogen-bond acceptors (Lipinski definition) is 4. The predicted octanol–water partition coefficient (Wildman–Crippen LogP) is 5.40. The van der Waals surface area contributed by atoms with Crippen LogP contribution >= 0.6 is 11.3 Å². The van der Waals surface area contributed by atoms with E-state index >= 15 is 0 Å². The first-order valence-electron chi connectivity index (χ1n) is 7.88. The summed E-state index contributed by atoms with van der Waals surface area (Å²) < 4.78 is 0. The molecule has 4 nitrogen and oxygen atoms in total. The quantitative estimate of drug-likeness (QED) is 0.560. The molecule has 3 rings (SSSR count). The Morgan fingerprint density at radius 2 is 1.91 bits per heavy atom. The number of hydrogen-bond donors (Lipinski definition) is 0. The molecule has 0 bridgehead atoms. The minimum atomic E-state index is -0.367. The molecule has 1 aliphatic rings. The Morgan fingerprint density at radius 1 is 1.23 bits per heavy atom. The summed E-state index contributed by atoms with van der Waals surface area (Å²) in [6.07, 6.45) is 8.31. The fourth-order valence-corrected chi connectivity index (χ4v) is 4.27. The first-order valence-corrected chi connectivity index (χ1v) is 8.69. The van der Waals surface area contributed by atoms with Gasteiger partial charge in [-0.2, -0.15) is 0 Å². The van der Waals surface area contributed by atoms with Crippen LogP contribution in [-0.2, 0) is 0 Å². The lowest BCUT2D eigenvalue weighted by atomic mass is 9.81. The summed E-state index contributed by atoms with van der Waals surface area (Å²) in [6, 6.07) is 6.73. The van der Waals surface area contributed by atoms with Crippen LogP contribution in [0, 0.1) is 16.0 Å². The standard InChI is InChI=1S/C17H20N2O2S/c1-2-12-3-5-14(6-4-12)17-18-11-16(22-17)13-7-9-15(10-8-13)19(20)21/h7-12,14H,2-6H2,1H3. The average Bonchev–Trinajstić information content (AvgIpc) is 3.05. The van der Waals surface area contributed by atoms with Crippen LogP contribution in [-0.4, -0.2) is 9.91 Å².